The maximum atomic E-state index is 12.2. The van der Waals surface area contributed by atoms with Crippen molar-refractivity contribution in [3.63, 3.8) is 0 Å². The fraction of sp³-hybridized carbons (Fsp3) is 0.600. The zero-order valence-electron chi connectivity index (χ0n) is 9.83. The summed E-state index contributed by atoms with van der Waals surface area (Å²) in [5.74, 6) is -0.0992. The first kappa shape index (κ1) is 12.3. The summed E-state index contributed by atoms with van der Waals surface area (Å²) in [5.41, 5.74) is 0. The first-order valence-corrected chi connectivity index (χ1v) is 6.87. The Morgan fingerprint density at radius 2 is 2.18 bits per heavy atom. The van der Waals surface area contributed by atoms with Gasteiger partial charge < -0.3 is 0 Å². The molecule has 1 aliphatic rings. The number of carbonyl (C=O) groups excluding carboxylic acids is 1. The second-order valence-corrected chi connectivity index (χ2v) is 6.27. The van der Waals surface area contributed by atoms with Crippen molar-refractivity contribution in [2.45, 2.75) is 18.2 Å². The van der Waals surface area contributed by atoms with E-state index in [9.17, 15) is 13.2 Å². The van der Waals surface area contributed by atoms with Crippen LogP contribution in [0.25, 0.3) is 0 Å². The van der Waals surface area contributed by atoms with E-state index in [4.69, 9.17) is 0 Å². The molecule has 0 N–H and O–H groups in total. The fourth-order valence-corrected chi connectivity index (χ4v) is 3.39. The van der Waals surface area contributed by atoms with Gasteiger partial charge in [0.25, 0.3) is 0 Å². The van der Waals surface area contributed by atoms with Gasteiger partial charge in [0.1, 0.15) is 10.7 Å². The Morgan fingerprint density at radius 1 is 1.47 bits per heavy atom. The van der Waals surface area contributed by atoms with Gasteiger partial charge in [-0.05, 0) is 0 Å². The van der Waals surface area contributed by atoms with Crippen LogP contribution in [0.5, 0.6) is 0 Å². The normalized spacial score (nSPS) is 22.9. The smallest absolute Gasteiger partial charge is 0.246 e. The van der Waals surface area contributed by atoms with Crippen LogP contribution in [0.2, 0.25) is 0 Å². The molecule has 6 nitrogen and oxygen atoms in total. The van der Waals surface area contributed by atoms with Crippen molar-refractivity contribution < 1.29 is 13.2 Å². The molecule has 2 heterocycles. The molecule has 0 bridgehead atoms. The highest BCUT2D eigenvalue weighted by molar-refractivity contribution is 7.89. The summed E-state index contributed by atoms with van der Waals surface area (Å²) in [5, 5.41) is 3.86. The number of aryl methyl sites for hydroxylation is 1. The zero-order valence-corrected chi connectivity index (χ0v) is 10.6. The summed E-state index contributed by atoms with van der Waals surface area (Å²) in [6.45, 7) is 2.28. The van der Waals surface area contributed by atoms with Crippen molar-refractivity contribution in [1.29, 1.82) is 0 Å². The van der Waals surface area contributed by atoms with E-state index < -0.39 is 10.0 Å². The van der Waals surface area contributed by atoms with Crippen LogP contribution in [0.4, 0.5) is 0 Å². The highest BCUT2D eigenvalue weighted by atomic mass is 32.2. The summed E-state index contributed by atoms with van der Waals surface area (Å²) in [6, 6.07) is 0. The lowest BCUT2D eigenvalue weighted by atomic mass is 10.0. The molecule has 1 unspecified atom stereocenters. The second-order valence-electron chi connectivity index (χ2n) is 4.33. The number of rotatable bonds is 2. The fourth-order valence-electron chi connectivity index (χ4n) is 1.88. The maximum Gasteiger partial charge on any atom is 0.246 e. The van der Waals surface area contributed by atoms with E-state index in [1.165, 1.54) is 21.4 Å². The van der Waals surface area contributed by atoms with Crippen molar-refractivity contribution in [2.24, 2.45) is 13.0 Å². The number of sulfonamides is 1. The number of nitrogens with zero attached hydrogens (tertiary/aromatic N) is 3. The largest absolute Gasteiger partial charge is 0.299 e. The Bertz CT molecular complexity index is 535. The summed E-state index contributed by atoms with van der Waals surface area (Å²) >= 11 is 0. The topological polar surface area (TPSA) is 72.3 Å². The Balaban J connectivity index is 2.25. The van der Waals surface area contributed by atoms with Gasteiger partial charge in [-0.25, -0.2) is 8.42 Å². The minimum atomic E-state index is -3.50. The lowest BCUT2D eigenvalue weighted by molar-refractivity contribution is -0.124. The molecule has 2 rings (SSSR count). The number of piperidine rings is 1. The molecule has 7 heteroatoms. The molecule has 0 spiro atoms. The number of hydrogen-bond acceptors (Lipinski definition) is 4. The molecular weight excluding hydrogens is 242 g/mol. The standard InChI is InChI=1S/C10H15N3O3S/c1-8-6-13(4-3-10(8)14)17(15,16)9-5-11-12(2)7-9/h5,7-8H,3-4,6H2,1-2H3. The molecule has 1 fully saturated rings. The molecular formula is C10H15N3O3S. The molecule has 17 heavy (non-hydrogen) atoms. The van der Waals surface area contributed by atoms with Crippen molar-refractivity contribution in [2.75, 3.05) is 13.1 Å². The SMILES string of the molecule is CC1CN(S(=O)(=O)c2cnn(C)c2)CCC1=O. The molecule has 1 atom stereocenters. The Hall–Kier alpha value is -1.21. The van der Waals surface area contributed by atoms with Crippen molar-refractivity contribution in [3.8, 4) is 0 Å². The summed E-state index contributed by atoms with van der Waals surface area (Å²) in [6.07, 6.45) is 3.09. The van der Waals surface area contributed by atoms with Gasteiger partial charge in [-0.1, -0.05) is 6.92 Å². The lowest BCUT2D eigenvalue weighted by Gasteiger charge is -2.28. The van der Waals surface area contributed by atoms with E-state index in [0.29, 0.717) is 6.42 Å². The van der Waals surface area contributed by atoms with E-state index in [1.54, 1.807) is 14.0 Å². The first-order valence-electron chi connectivity index (χ1n) is 5.43. The molecule has 0 aliphatic carbocycles. The van der Waals surface area contributed by atoms with E-state index in [0.717, 1.165) is 0 Å². The highest BCUT2D eigenvalue weighted by Crippen LogP contribution is 2.21. The quantitative estimate of drug-likeness (QED) is 0.748. The predicted molar refractivity (Wildman–Crippen MR) is 60.8 cm³/mol. The van der Waals surface area contributed by atoms with Crippen LogP contribution >= 0.6 is 0 Å². The molecule has 94 valence electrons. The van der Waals surface area contributed by atoms with Crippen LogP contribution in [0.15, 0.2) is 17.3 Å². The van der Waals surface area contributed by atoms with Crippen molar-refractivity contribution in [3.05, 3.63) is 12.4 Å². The van der Waals surface area contributed by atoms with E-state index in [1.807, 2.05) is 0 Å². The number of Topliss-reactive ketones (excluding diaryl/α,β-unsaturated/α-hetero) is 1. The molecule has 1 saturated heterocycles. The van der Waals surface area contributed by atoms with E-state index in [-0.39, 0.29) is 29.7 Å². The third-order valence-corrected chi connectivity index (χ3v) is 4.77. The van der Waals surface area contributed by atoms with Gasteiger partial charge in [0.05, 0.1) is 6.20 Å². The van der Waals surface area contributed by atoms with Gasteiger partial charge in [0.2, 0.25) is 10.0 Å². The third kappa shape index (κ3) is 2.25. The number of hydrogen-bond donors (Lipinski definition) is 0. The summed E-state index contributed by atoms with van der Waals surface area (Å²) in [4.78, 5) is 11.6. The monoisotopic (exact) mass is 257 g/mol. The molecule has 0 amide bonds. The van der Waals surface area contributed by atoms with Crippen molar-refractivity contribution >= 4 is 15.8 Å². The zero-order chi connectivity index (χ0) is 12.6. The van der Waals surface area contributed by atoms with Crippen LogP contribution in [0.1, 0.15) is 13.3 Å². The van der Waals surface area contributed by atoms with Gasteiger partial charge in [0.15, 0.2) is 0 Å². The second kappa shape index (κ2) is 4.23. The predicted octanol–water partition coefficient (Wildman–Crippen LogP) is 0.0197. The molecule has 1 aromatic rings. The van der Waals surface area contributed by atoms with Crippen LogP contribution in [-0.2, 0) is 21.9 Å². The van der Waals surface area contributed by atoms with E-state index in [2.05, 4.69) is 5.10 Å². The van der Waals surface area contributed by atoms with Gasteiger partial charge >= 0.3 is 0 Å². The molecule has 0 aromatic carbocycles. The van der Waals surface area contributed by atoms with Crippen LogP contribution < -0.4 is 0 Å². The van der Waals surface area contributed by atoms with Gasteiger partial charge in [-0.2, -0.15) is 9.40 Å². The van der Waals surface area contributed by atoms with Gasteiger partial charge in [-0.15, -0.1) is 0 Å². The molecule has 0 radical (unpaired) electrons. The van der Waals surface area contributed by atoms with Crippen molar-refractivity contribution in [1.82, 2.24) is 14.1 Å². The first-order chi connectivity index (χ1) is 7.91. The van der Waals surface area contributed by atoms with Gasteiger partial charge in [0, 0.05) is 38.7 Å². The molecule has 1 aliphatic heterocycles. The number of aromatic nitrogens is 2. The molecule has 1 aromatic heterocycles. The number of ketones is 1. The Labute approximate surface area is 100 Å². The molecule has 0 saturated carbocycles. The number of carbonyl (C=O) groups is 1. The Morgan fingerprint density at radius 3 is 2.71 bits per heavy atom. The maximum absolute atomic E-state index is 12.2. The third-order valence-electron chi connectivity index (χ3n) is 2.95. The van der Waals surface area contributed by atoms with Crippen LogP contribution in [0, 0.1) is 5.92 Å². The average molecular weight is 257 g/mol. The minimum absolute atomic E-state index is 0.127. The average Bonchev–Trinajstić information content (AvgIpc) is 2.69. The van der Waals surface area contributed by atoms with Crippen LogP contribution in [0.3, 0.4) is 0 Å². The minimum Gasteiger partial charge on any atom is -0.299 e. The lowest BCUT2D eigenvalue weighted by Crippen LogP contribution is -2.42. The van der Waals surface area contributed by atoms with E-state index >= 15 is 0 Å². The van der Waals surface area contributed by atoms with Gasteiger partial charge in [-0.3, -0.25) is 9.48 Å². The van der Waals surface area contributed by atoms with Crippen LogP contribution in [-0.4, -0.2) is 41.4 Å². The Kier molecular flexibility index (Phi) is 3.05. The highest BCUT2D eigenvalue weighted by Gasteiger charge is 2.32. The summed E-state index contributed by atoms with van der Waals surface area (Å²) < 4.78 is 27.2. The summed E-state index contributed by atoms with van der Waals surface area (Å²) in [7, 11) is -1.83.